The van der Waals surface area contributed by atoms with Crippen LogP contribution in [-0.2, 0) is 6.18 Å². The summed E-state index contributed by atoms with van der Waals surface area (Å²) in [7, 11) is 1.37. The van der Waals surface area contributed by atoms with Crippen LogP contribution in [0.3, 0.4) is 0 Å². The summed E-state index contributed by atoms with van der Waals surface area (Å²) >= 11 is 0. The Morgan fingerprint density at radius 2 is 1.81 bits per heavy atom. The number of nitrogens with one attached hydrogen (secondary N) is 1. The molecule has 0 heterocycles. The molecule has 0 aromatic heterocycles. The van der Waals surface area contributed by atoms with Crippen LogP contribution in [0.25, 0.3) is 0 Å². The molecule has 0 unspecified atom stereocenters. The number of hydrogen-bond donors (Lipinski definition) is 1. The zero-order valence-corrected chi connectivity index (χ0v) is 12.7. The molecule has 1 aromatic carbocycles. The Morgan fingerprint density at radius 1 is 1.19 bits per heavy atom. The number of hydrogen-bond acceptors (Lipinski definition) is 2. The maximum absolute atomic E-state index is 13.1. The summed E-state index contributed by atoms with van der Waals surface area (Å²) < 4.78 is 44.3. The van der Waals surface area contributed by atoms with E-state index < -0.39 is 11.7 Å². The molecule has 2 rings (SSSR count). The number of methoxy groups -OCH3 is 1. The highest BCUT2D eigenvalue weighted by Crippen LogP contribution is 2.40. The molecule has 1 aliphatic rings. The molecule has 0 bridgehead atoms. The Bertz CT molecular complexity index is 487. The SMILES string of the molecule is COc1ccc(NC2CCC(C)(C)CC2)c(C(F)(F)F)c1. The normalized spacial score (nSPS) is 19.3. The Labute approximate surface area is 123 Å². The van der Waals surface area contributed by atoms with E-state index in [2.05, 4.69) is 19.2 Å². The number of rotatable bonds is 3. The molecular formula is C16H22F3NO. The van der Waals surface area contributed by atoms with E-state index in [-0.39, 0.29) is 17.5 Å². The lowest BCUT2D eigenvalue weighted by molar-refractivity contribution is -0.137. The van der Waals surface area contributed by atoms with Gasteiger partial charge in [-0.05, 0) is 49.3 Å². The lowest BCUT2D eigenvalue weighted by atomic mass is 9.75. The molecule has 118 valence electrons. The van der Waals surface area contributed by atoms with Crippen molar-refractivity contribution < 1.29 is 17.9 Å². The number of benzene rings is 1. The third-order valence-electron chi connectivity index (χ3n) is 4.23. The molecule has 0 saturated heterocycles. The standard InChI is InChI=1S/C16H22F3NO/c1-15(2)8-6-11(7-9-15)20-14-5-4-12(21-3)10-13(14)16(17,18)19/h4-5,10-11,20H,6-9H2,1-3H3. The second kappa shape index (κ2) is 5.78. The highest BCUT2D eigenvalue weighted by molar-refractivity contribution is 5.56. The topological polar surface area (TPSA) is 21.3 Å². The number of halogens is 3. The maximum Gasteiger partial charge on any atom is 0.418 e. The highest BCUT2D eigenvalue weighted by Gasteiger charge is 2.35. The van der Waals surface area contributed by atoms with E-state index in [9.17, 15) is 13.2 Å². The van der Waals surface area contributed by atoms with Crippen LogP contribution in [0.5, 0.6) is 5.75 Å². The first-order valence-corrected chi connectivity index (χ1v) is 7.23. The summed E-state index contributed by atoms with van der Waals surface area (Å²) in [4.78, 5) is 0. The van der Waals surface area contributed by atoms with Gasteiger partial charge in [0.1, 0.15) is 5.75 Å². The first-order chi connectivity index (χ1) is 9.71. The van der Waals surface area contributed by atoms with Crippen molar-refractivity contribution in [1.82, 2.24) is 0 Å². The van der Waals surface area contributed by atoms with E-state index in [0.29, 0.717) is 5.41 Å². The van der Waals surface area contributed by atoms with Gasteiger partial charge in [-0.15, -0.1) is 0 Å². The molecule has 1 saturated carbocycles. The predicted octanol–water partition coefficient (Wildman–Crippen LogP) is 5.09. The summed E-state index contributed by atoms with van der Waals surface area (Å²) in [6.07, 6.45) is -0.526. The minimum absolute atomic E-state index is 0.104. The lowest BCUT2D eigenvalue weighted by Crippen LogP contribution is -2.30. The van der Waals surface area contributed by atoms with Gasteiger partial charge in [-0.25, -0.2) is 0 Å². The predicted molar refractivity (Wildman–Crippen MR) is 77.7 cm³/mol. The number of ether oxygens (including phenoxy) is 1. The summed E-state index contributed by atoms with van der Waals surface area (Å²) in [5.41, 5.74) is -0.218. The molecule has 0 atom stereocenters. The van der Waals surface area contributed by atoms with E-state index >= 15 is 0 Å². The molecule has 0 aliphatic heterocycles. The largest absolute Gasteiger partial charge is 0.497 e. The minimum Gasteiger partial charge on any atom is -0.497 e. The summed E-state index contributed by atoms with van der Waals surface area (Å²) in [6.45, 7) is 4.41. The van der Waals surface area contributed by atoms with E-state index in [4.69, 9.17) is 4.74 Å². The van der Waals surface area contributed by atoms with Gasteiger partial charge in [0.05, 0.1) is 12.7 Å². The molecule has 0 spiro atoms. The van der Waals surface area contributed by atoms with Gasteiger partial charge < -0.3 is 10.1 Å². The van der Waals surface area contributed by atoms with Crippen molar-refractivity contribution in [1.29, 1.82) is 0 Å². The minimum atomic E-state index is -4.38. The molecule has 0 amide bonds. The van der Waals surface area contributed by atoms with Gasteiger partial charge in [-0.3, -0.25) is 0 Å². The van der Waals surface area contributed by atoms with Gasteiger partial charge in [-0.1, -0.05) is 13.8 Å². The Hall–Kier alpha value is -1.39. The van der Waals surface area contributed by atoms with Crippen molar-refractivity contribution in [3.05, 3.63) is 23.8 Å². The molecule has 21 heavy (non-hydrogen) atoms. The lowest BCUT2D eigenvalue weighted by Gasteiger charge is -2.35. The van der Waals surface area contributed by atoms with Crippen molar-refractivity contribution in [2.45, 2.75) is 51.7 Å². The van der Waals surface area contributed by atoms with Crippen molar-refractivity contribution in [3.8, 4) is 5.75 Å². The third-order valence-corrected chi connectivity index (χ3v) is 4.23. The second-order valence-corrected chi connectivity index (χ2v) is 6.49. The molecule has 0 radical (unpaired) electrons. The molecule has 5 heteroatoms. The van der Waals surface area contributed by atoms with Gasteiger partial charge >= 0.3 is 6.18 Å². The average molecular weight is 301 g/mol. The Balaban J connectivity index is 2.16. The van der Waals surface area contributed by atoms with Crippen LogP contribution in [0.4, 0.5) is 18.9 Å². The van der Waals surface area contributed by atoms with E-state index in [1.807, 2.05) is 0 Å². The molecule has 1 fully saturated rings. The van der Waals surface area contributed by atoms with Crippen LogP contribution < -0.4 is 10.1 Å². The van der Waals surface area contributed by atoms with Crippen LogP contribution in [0.1, 0.15) is 45.1 Å². The zero-order valence-electron chi connectivity index (χ0n) is 12.7. The number of anilines is 1. The van der Waals surface area contributed by atoms with Gasteiger partial charge in [-0.2, -0.15) is 13.2 Å². The van der Waals surface area contributed by atoms with Gasteiger partial charge in [0.15, 0.2) is 0 Å². The molecule has 1 aliphatic carbocycles. The van der Waals surface area contributed by atoms with Crippen LogP contribution in [0.2, 0.25) is 0 Å². The van der Waals surface area contributed by atoms with Crippen LogP contribution in [-0.4, -0.2) is 13.2 Å². The van der Waals surface area contributed by atoms with Crippen LogP contribution in [0.15, 0.2) is 18.2 Å². The first-order valence-electron chi connectivity index (χ1n) is 7.23. The average Bonchev–Trinajstić information content (AvgIpc) is 2.40. The first kappa shape index (κ1) is 16.0. The summed E-state index contributed by atoms with van der Waals surface area (Å²) in [6, 6.07) is 4.17. The van der Waals surface area contributed by atoms with E-state index in [1.54, 1.807) is 6.07 Å². The smallest absolute Gasteiger partial charge is 0.418 e. The summed E-state index contributed by atoms with van der Waals surface area (Å²) in [5, 5.41) is 3.07. The van der Waals surface area contributed by atoms with E-state index in [1.165, 1.54) is 13.2 Å². The van der Waals surface area contributed by atoms with Gasteiger partial charge in [0.2, 0.25) is 0 Å². The Morgan fingerprint density at radius 3 is 2.33 bits per heavy atom. The van der Waals surface area contributed by atoms with Gasteiger partial charge in [0.25, 0.3) is 0 Å². The fourth-order valence-electron chi connectivity index (χ4n) is 2.77. The van der Waals surface area contributed by atoms with Gasteiger partial charge in [0, 0.05) is 11.7 Å². The monoisotopic (exact) mass is 301 g/mol. The van der Waals surface area contributed by atoms with Crippen LogP contribution in [0, 0.1) is 5.41 Å². The zero-order chi connectivity index (χ0) is 15.7. The second-order valence-electron chi connectivity index (χ2n) is 6.49. The quantitative estimate of drug-likeness (QED) is 0.839. The fraction of sp³-hybridized carbons (Fsp3) is 0.625. The number of alkyl halides is 3. The highest BCUT2D eigenvalue weighted by atomic mass is 19.4. The molecule has 1 aromatic rings. The van der Waals surface area contributed by atoms with Crippen molar-refractivity contribution >= 4 is 5.69 Å². The molecule has 1 N–H and O–H groups in total. The molecule has 2 nitrogen and oxygen atoms in total. The Kier molecular flexibility index (Phi) is 4.40. The van der Waals surface area contributed by atoms with Crippen molar-refractivity contribution in [2.24, 2.45) is 5.41 Å². The van der Waals surface area contributed by atoms with Crippen LogP contribution >= 0.6 is 0 Å². The van der Waals surface area contributed by atoms with E-state index in [0.717, 1.165) is 31.7 Å². The van der Waals surface area contributed by atoms with Crippen molar-refractivity contribution in [3.63, 3.8) is 0 Å². The fourth-order valence-corrected chi connectivity index (χ4v) is 2.77. The third kappa shape index (κ3) is 4.05. The molecular weight excluding hydrogens is 279 g/mol. The maximum atomic E-state index is 13.1. The van der Waals surface area contributed by atoms with Crippen molar-refractivity contribution in [2.75, 3.05) is 12.4 Å². The summed E-state index contributed by atoms with van der Waals surface area (Å²) in [5.74, 6) is 0.220.